The van der Waals surface area contributed by atoms with Crippen molar-refractivity contribution in [2.24, 2.45) is 16.7 Å². The molecule has 0 aliphatic heterocycles. The van der Waals surface area contributed by atoms with Crippen molar-refractivity contribution in [3.8, 4) is 0 Å². The van der Waals surface area contributed by atoms with Gasteiger partial charge in [-0.25, -0.2) is 0 Å². The Morgan fingerprint density at radius 3 is 2.68 bits per heavy atom. The van der Waals surface area contributed by atoms with Gasteiger partial charge in [-0.05, 0) is 63.7 Å². The van der Waals surface area contributed by atoms with Crippen LogP contribution in [0.15, 0.2) is 23.8 Å². The van der Waals surface area contributed by atoms with Crippen molar-refractivity contribution < 1.29 is 9.90 Å². The van der Waals surface area contributed by atoms with E-state index < -0.39 is 5.60 Å². The molecule has 0 amide bonds. The second kappa shape index (κ2) is 5.96. The van der Waals surface area contributed by atoms with Gasteiger partial charge in [0.2, 0.25) is 0 Å². The molecule has 2 rings (SSSR count). The first-order valence-electron chi connectivity index (χ1n) is 8.70. The van der Waals surface area contributed by atoms with Gasteiger partial charge in [-0.3, -0.25) is 0 Å². The first-order valence-corrected chi connectivity index (χ1v) is 8.70. The van der Waals surface area contributed by atoms with E-state index in [1.807, 2.05) is 6.92 Å². The van der Waals surface area contributed by atoms with Crippen molar-refractivity contribution >= 4 is 6.29 Å². The van der Waals surface area contributed by atoms with Crippen molar-refractivity contribution in [3.05, 3.63) is 23.8 Å². The summed E-state index contributed by atoms with van der Waals surface area (Å²) in [5.41, 5.74) is 2.11. The lowest BCUT2D eigenvalue weighted by Crippen LogP contribution is -2.47. The van der Waals surface area contributed by atoms with Crippen LogP contribution >= 0.6 is 0 Å². The highest BCUT2D eigenvalue weighted by Crippen LogP contribution is 2.59. The zero-order valence-electron chi connectivity index (χ0n) is 14.7. The molecule has 0 saturated heterocycles. The highest BCUT2D eigenvalue weighted by Gasteiger charge is 2.51. The normalized spacial score (nSPS) is 38.1. The first kappa shape index (κ1) is 17.5. The van der Waals surface area contributed by atoms with E-state index in [1.54, 1.807) is 6.08 Å². The molecule has 2 nitrogen and oxygen atoms in total. The molecule has 2 heteroatoms. The van der Waals surface area contributed by atoms with Crippen molar-refractivity contribution in [2.75, 3.05) is 0 Å². The van der Waals surface area contributed by atoms with E-state index in [0.717, 1.165) is 32.1 Å². The minimum absolute atomic E-state index is 0.119. The highest BCUT2D eigenvalue weighted by molar-refractivity contribution is 5.60. The monoisotopic (exact) mass is 304 g/mol. The number of carbonyl (C=O) groups is 1. The number of rotatable bonds is 5. The Labute approximate surface area is 135 Å². The van der Waals surface area contributed by atoms with Crippen LogP contribution < -0.4 is 0 Å². The largest absolute Gasteiger partial charge is 0.386 e. The van der Waals surface area contributed by atoms with Gasteiger partial charge in [0.05, 0.1) is 5.60 Å². The van der Waals surface area contributed by atoms with Crippen molar-refractivity contribution in [1.29, 1.82) is 0 Å². The van der Waals surface area contributed by atoms with Gasteiger partial charge in [-0.1, -0.05) is 37.5 Å². The van der Waals surface area contributed by atoms with Gasteiger partial charge in [0.15, 0.2) is 0 Å². The summed E-state index contributed by atoms with van der Waals surface area (Å²) in [7, 11) is 0. The minimum atomic E-state index is -0.806. The molecule has 0 aromatic rings. The summed E-state index contributed by atoms with van der Waals surface area (Å²) in [4.78, 5) is 11.8. The molecule has 0 spiro atoms. The molecule has 0 bridgehead atoms. The Bertz CT molecular complexity index is 488. The van der Waals surface area contributed by atoms with Crippen LogP contribution in [0.2, 0.25) is 0 Å². The quantitative estimate of drug-likeness (QED) is 0.583. The summed E-state index contributed by atoms with van der Waals surface area (Å²) in [5, 5.41) is 10.3. The van der Waals surface area contributed by atoms with Gasteiger partial charge in [-0.2, -0.15) is 0 Å². The van der Waals surface area contributed by atoms with Crippen LogP contribution in [0.25, 0.3) is 0 Å². The van der Waals surface area contributed by atoms with Crippen LogP contribution in [0.3, 0.4) is 0 Å². The van der Waals surface area contributed by atoms with E-state index in [4.69, 9.17) is 0 Å². The van der Waals surface area contributed by atoms with E-state index in [9.17, 15) is 9.90 Å². The van der Waals surface area contributed by atoms with Gasteiger partial charge in [0.25, 0.3) is 0 Å². The molecule has 1 N–H and O–H groups in total. The molecule has 0 aromatic carbocycles. The van der Waals surface area contributed by atoms with Crippen LogP contribution in [0, 0.1) is 16.7 Å². The van der Waals surface area contributed by atoms with Crippen LogP contribution in [-0.4, -0.2) is 17.0 Å². The first-order chi connectivity index (χ1) is 10.2. The molecule has 124 valence electrons. The Hall–Kier alpha value is -0.890. The van der Waals surface area contributed by atoms with E-state index in [2.05, 4.69) is 27.4 Å². The second-order valence-corrected chi connectivity index (χ2v) is 8.31. The third kappa shape index (κ3) is 2.95. The lowest BCUT2D eigenvalue weighted by molar-refractivity contribution is -0.125. The highest BCUT2D eigenvalue weighted by atomic mass is 16.3. The minimum Gasteiger partial charge on any atom is -0.386 e. The average Bonchev–Trinajstić information content (AvgIpc) is 2.46. The SMILES string of the molecule is C=C[C@@](C)(O)CCC1=C(C)CC[C@@H]2[C@@](C)(C=O)CCC[C@@]12C. The summed E-state index contributed by atoms with van der Waals surface area (Å²) in [6.07, 6.45) is 10.0. The van der Waals surface area contributed by atoms with Gasteiger partial charge in [0, 0.05) is 5.41 Å². The Kier molecular flexibility index (Phi) is 4.73. The predicted octanol–water partition coefficient (Wildman–Crippen LogP) is 4.83. The zero-order chi connectivity index (χ0) is 16.6. The maximum Gasteiger partial charge on any atom is 0.126 e. The molecule has 0 unspecified atom stereocenters. The number of allylic oxidation sites excluding steroid dienone is 2. The van der Waals surface area contributed by atoms with Crippen molar-refractivity contribution in [1.82, 2.24) is 0 Å². The smallest absolute Gasteiger partial charge is 0.126 e. The van der Waals surface area contributed by atoms with Gasteiger partial charge in [-0.15, -0.1) is 6.58 Å². The number of hydrogen-bond acceptors (Lipinski definition) is 2. The molecule has 22 heavy (non-hydrogen) atoms. The number of fused-ring (bicyclic) bond motifs is 1. The molecule has 0 aromatic heterocycles. The fraction of sp³-hybridized carbons (Fsp3) is 0.750. The molecule has 1 fully saturated rings. The number of aliphatic hydroxyl groups is 1. The van der Waals surface area contributed by atoms with Gasteiger partial charge in [0.1, 0.15) is 6.29 Å². The van der Waals surface area contributed by atoms with Crippen LogP contribution in [-0.2, 0) is 4.79 Å². The Morgan fingerprint density at radius 1 is 1.41 bits per heavy atom. The average molecular weight is 304 g/mol. The summed E-state index contributed by atoms with van der Waals surface area (Å²) in [6.45, 7) is 12.3. The van der Waals surface area contributed by atoms with Crippen molar-refractivity contribution in [2.45, 2.75) is 78.2 Å². The van der Waals surface area contributed by atoms with Crippen LogP contribution in [0.4, 0.5) is 0 Å². The second-order valence-electron chi connectivity index (χ2n) is 8.31. The summed E-state index contributed by atoms with van der Waals surface area (Å²) in [6, 6.07) is 0. The molecule has 2 aliphatic rings. The fourth-order valence-electron chi connectivity index (χ4n) is 5.04. The van der Waals surface area contributed by atoms with E-state index >= 15 is 0 Å². The lowest BCUT2D eigenvalue weighted by Gasteiger charge is -2.54. The molecular formula is C20H32O2. The van der Waals surface area contributed by atoms with Crippen molar-refractivity contribution in [3.63, 3.8) is 0 Å². The molecule has 0 radical (unpaired) electrons. The van der Waals surface area contributed by atoms with E-state index in [0.29, 0.717) is 12.3 Å². The molecule has 1 saturated carbocycles. The molecule has 4 atom stereocenters. The molecular weight excluding hydrogens is 272 g/mol. The third-order valence-corrected chi connectivity index (χ3v) is 6.58. The van der Waals surface area contributed by atoms with Crippen LogP contribution in [0.5, 0.6) is 0 Å². The van der Waals surface area contributed by atoms with E-state index in [-0.39, 0.29) is 10.8 Å². The maximum atomic E-state index is 11.8. The number of aldehydes is 1. The van der Waals surface area contributed by atoms with Gasteiger partial charge >= 0.3 is 0 Å². The standard InChI is InChI=1S/C20H32O2/c1-6-19(4,22)13-10-16-15(2)8-9-17-18(3,14-21)11-7-12-20(16,17)5/h6,14,17,22H,1,7-13H2,2-5H3/t17-,18-,19-,20+/m1/s1. The molecule has 0 heterocycles. The summed E-state index contributed by atoms with van der Waals surface area (Å²) < 4.78 is 0. The Morgan fingerprint density at radius 2 is 2.09 bits per heavy atom. The summed E-state index contributed by atoms with van der Waals surface area (Å²) >= 11 is 0. The fourth-order valence-corrected chi connectivity index (χ4v) is 5.04. The Balaban J connectivity index is 2.31. The number of hydrogen-bond donors (Lipinski definition) is 1. The molecule has 2 aliphatic carbocycles. The summed E-state index contributed by atoms with van der Waals surface area (Å²) in [5.74, 6) is 0.443. The topological polar surface area (TPSA) is 37.3 Å². The lowest BCUT2D eigenvalue weighted by atomic mass is 9.49. The maximum absolute atomic E-state index is 11.8. The van der Waals surface area contributed by atoms with E-state index in [1.165, 1.54) is 23.9 Å². The zero-order valence-corrected chi connectivity index (χ0v) is 14.7. The third-order valence-electron chi connectivity index (χ3n) is 6.58. The predicted molar refractivity (Wildman–Crippen MR) is 91.6 cm³/mol. The number of carbonyl (C=O) groups excluding carboxylic acids is 1. The van der Waals surface area contributed by atoms with Crippen LogP contribution in [0.1, 0.15) is 72.6 Å². The van der Waals surface area contributed by atoms with Gasteiger partial charge < -0.3 is 9.90 Å².